The molecule has 4 heteroatoms. The summed E-state index contributed by atoms with van der Waals surface area (Å²) in [5, 5.41) is 12.1. The minimum absolute atomic E-state index is 0.00342. The predicted octanol–water partition coefficient (Wildman–Crippen LogP) is 1.17. The van der Waals surface area contributed by atoms with Crippen LogP contribution < -0.4 is 11.1 Å². The molecule has 4 nitrogen and oxygen atoms in total. The van der Waals surface area contributed by atoms with Gasteiger partial charge < -0.3 is 11.1 Å². The molecule has 0 aromatic rings. The fourth-order valence-electron chi connectivity index (χ4n) is 4.29. The van der Waals surface area contributed by atoms with Crippen LogP contribution in [0.1, 0.15) is 38.5 Å². The van der Waals surface area contributed by atoms with Crippen LogP contribution >= 0.6 is 0 Å². The lowest BCUT2D eigenvalue weighted by Gasteiger charge is -2.28. The SMILES string of the molecule is N#CC1CCCC1NC(=O)C1C2CCC(C2)C1N. The van der Waals surface area contributed by atoms with Crippen molar-refractivity contribution in [2.24, 2.45) is 29.4 Å². The number of rotatable bonds is 2. The summed E-state index contributed by atoms with van der Waals surface area (Å²) in [4.78, 5) is 12.4. The fraction of sp³-hybridized carbons (Fsp3) is 0.857. The summed E-state index contributed by atoms with van der Waals surface area (Å²) in [7, 11) is 0. The first kappa shape index (κ1) is 12.0. The topological polar surface area (TPSA) is 78.9 Å². The quantitative estimate of drug-likeness (QED) is 0.768. The molecule has 0 aliphatic heterocycles. The summed E-state index contributed by atoms with van der Waals surface area (Å²) in [5.74, 6) is 1.17. The van der Waals surface area contributed by atoms with Crippen LogP contribution in [0.25, 0.3) is 0 Å². The van der Waals surface area contributed by atoms with Crippen molar-refractivity contribution in [3.63, 3.8) is 0 Å². The highest BCUT2D eigenvalue weighted by Gasteiger charge is 2.49. The van der Waals surface area contributed by atoms with Crippen molar-refractivity contribution in [3.05, 3.63) is 0 Å². The van der Waals surface area contributed by atoms with Crippen LogP contribution in [0.4, 0.5) is 0 Å². The van der Waals surface area contributed by atoms with E-state index in [9.17, 15) is 4.79 Å². The number of nitrogens with one attached hydrogen (secondary N) is 1. The summed E-state index contributed by atoms with van der Waals surface area (Å²) in [6, 6.07) is 2.42. The molecule has 18 heavy (non-hydrogen) atoms. The first-order chi connectivity index (χ1) is 8.70. The van der Waals surface area contributed by atoms with E-state index in [0.717, 1.165) is 32.1 Å². The molecule has 3 rings (SSSR count). The molecule has 3 saturated carbocycles. The molecule has 0 aromatic heterocycles. The number of nitrogens with two attached hydrogens (primary N) is 1. The lowest BCUT2D eigenvalue weighted by molar-refractivity contribution is -0.127. The second-order valence-electron chi connectivity index (χ2n) is 6.22. The Labute approximate surface area is 108 Å². The van der Waals surface area contributed by atoms with Crippen LogP contribution in [-0.2, 0) is 4.79 Å². The van der Waals surface area contributed by atoms with Crippen molar-refractivity contribution in [1.82, 2.24) is 5.32 Å². The second-order valence-corrected chi connectivity index (χ2v) is 6.22. The lowest BCUT2D eigenvalue weighted by atomic mass is 9.84. The van der Waals surface area contributed by atoms with Gasteiger partial charge in [-0.3, -0.25) is 4.79 Å². The van der Waals surface area contributed by atoms with E-state index in [-0.39, 0.29) is 29.8 Å². The lowest BCUT2D eigenvalue weighted by Crippen LogP contribution is -2.48. The minimum Gasteiger partial charge on any atom is -0.352 e. The van der Waals surface area contributed by atoms with E-state index >= 15 is 0 Å². The summed E-state index contributed by atoms with van der Waals surface area (Å²) in [6.07, 6.45) is 6.39. The van der Waals surface area contributed by atoms with Gasteiger partial charge in [-0.2, -0.15) is 5.26 Å². The highest BCUT2D eigenvalue weighted by molar-refractivity contribution is 5.80. The van der Waals surface area contributed by atoms with Crippen LogP contribution in [-0.4, -0.2) is 18.0 Å². The molecule has 3 fully saturated rings. The summed E-state index contributed by atoms with van der Waals surface area (Å²) >= 11 is 0. The average molecular weight is 247 g/mol. The zero-order chi connectivity index (χ0) is 12.7. The number of carbonyl (C=O) groups is 1. The van der Waals surface area contributed by atoms with Gasteiger partial charge in [-0.1, -0.05) is 0 Å². The summed E-state index contributed by atoms with van der Waals surface area (Å²) in [6.45, 7) is 0. The van der Waals surface area contributed by atoms with Gasteiger partial charge in [-0.15, -0.1) is 0 Å². The van der Waals surface area contributed by atoms with Gasteiger partial charge in [0.05, 0.1) is 17.9 Å². The van der Waals surface area contributed by atoms with E-state index in [1.165, 1.54) is 6.42 Å². The van der Waals surface area contributed by atoms with Crippen LogP contribution in [0.3, 0.4) is 0 Å². The third kappa shape index (κ3) is 1.81. The van der Waals surface area contributed by atoms with Crippen molar-refractivity contribution in [2.45, 2.75) is 50.6 Å². The van der Waals surface area contributed by atoms with Crippen LogP contribution in [0, 0.1) is 35.0 Å². The maximum Gasteiger partial charge on any atom is 0.225 e. The van der Waals surface area contributed by atoms with E-state index in [4.69, 9.17) is 11.0 Å². The zero-order valence-electron chi connectivity index (χ0n) is 10.6. The molecule has 0 heterocycles. The molecular formula is C14H21N3O. The van der Waals surface area contributed by atoms with E-state index in [1.54, 1.807) is 0 Å². The molecule has 6 atom stereocenters. The highest BCUT2D eigenvalue weighted by Crippen LogP contribution is 2.47. The maximum absolute atomic E-state index is 12.4. The number of carbonyl (C=O) groups excluding carboxylic acids is 1. The molecule has 0 aromatic carbocycles. The monoisotopic (exact) mass is 247 g/mol. The standard InChI is InChI=1S/C14H21N3O/c15-7-10-2-1-3-11(10)17-14(18)12-8-4-5-9(6-8)13(12)16/h8-13H,1-6,16H2,(H,17,18). The van der Waals surface area contributed by atoms with E-state index in [2.05, 4.69) is 11.4 Å². The van der Waals surface area contributed by atoms with Gasteiger partial charge in [0.15, 0.2) is 0 Å². The normalized spacial score (nSPS) is 46.0. The van der Waals surface area contributed by atoms with E-state index < -0.39 is 0 Å². The maximum atomic E-state index is 12.4. The van der Waals surface area contributed by atoms with Gasteiger partial charge in [0.2, 0.25) is 5.91 Å². The molecule has 2 bridgehead atoms. The molecule has 0 saturated heterocycles. The first-order valence-electron chi connectivity index (χ1n) is 7.16. The Kier molecular flexibility index (Phi) is 3.03. The number of nitrogens with zero attached hydrogens (tertiary/aromatic N) is 1. The molecule has 0 spiro atoms. The molecule has 98 valence electrons. The van der Waals surface area contributed by atoms with E-state index in [0.29, 0.717) is 11.8 Å². The Hall–Kier alpha value is -1.08. The third-order valence-electron chi connectivity index (χ3n) is 5.29. The van der Waals surface area contributed by atoms with Crippen LogP contribution in [0.2, 0.25) is 0 Å². The van der Waals surface area contributed by atoms with Crippen molar-refractivity contribution >= 4 is 5.91 Å². The van der Waals surface area contributed by atoms with Gasteiger partial charge in [-0.05, 0) is 50.4 Å². The van der Waals surface area contributed by atoms with Crippen LogP contribution in [0.15, 0.2) is 0 Å². The largest absolute Gasteiger partial charge is 0.352 e. The smallest absolute Gasteiger partial charge is 0.225 e. The molecule has 3 aliphatic rings. The van der Waals surface area contributed by atoms with Gasteiger partial charge in [-0.25, -0.2) is 0 Å². The first-order valence-corrected chi connectivity index (χ1v) is 7.16. The Bertz CT molecular complexity index is 387. The Morgan fingerprint density at radius 3 is 2.67 bits per heavy atom. The molecule has 1 amide bonds. The number of nitriles is 1. The summed E-state index contributed by atoms with van der Waals surface area (Å²) in [5.41, 5.74) is 6.18. The predicted molar refractivity (Wildman–Crippen MR) is 67.2 cm³/mol. The molecule has 3 aliphatic carbocycles. The number of hydrogen-bond donors (Lipinski definition) is 2. The molecule has 3 N–H and O–H groups in total. The molecule has 0 radical (unpaired) electrons. The second kappa shape index (κ2) is 4.55. The fourth-order valence-corrected chi connectivity index (χ4v) is 4.29. The van der Waals surface area contributed by atoms with Crippen LogP contribution in [0.5, 0.6) is 0 Å². The summed E-state index contributed by atoms with van der Waals surface area (Å²) < 4.78 is 0. The number of fused-ring (bicyclic) bond motifs is 2. The van der Waals surface area contributed by atoms with Gasteiger partial charge >= 0.3 is 0 Å². The van der Waals surface area contributed by atoms with Gasteiger partial charge in [0, 0.05) is 12.1 Å². The Balaban J connectivity index is 1.64. The average Bonchev–Trinajstić information content (AvgIpc) is 3.03. The minimum atomic E-state index is 0.00342. The van der Waals surface area contributed by atoms with Crippen molar-refractivity contribution in [1.29, 1.82) is 5.26 Å². The third-order valence-corrected chi connectivity index (χ3v) is 5.29. The number of amides is 1. The van der Waals surface area contributed by atoms with Gasteiger partial charge in [0.25, 0.3) is 0 Å². The van der Waals surface area contributed by atoms with Gasteiger partial charge in [0.1, 0.15) is 0 Å². The highest BCUT2D eigenvalue weighted by atomic mass is 16.2. The Morgan fingerprint density at radius 1 is 1.22 bits per heavy atom. The Morgan fingerprint density at radius 2 is 2.00 bits per heavy atom. The molecular weight excluding hydrogens is 226 g/mol. The van der Waals surface area contributed by atoms with Crippen molar-refractivity contribution in [3.8, 4) is 6.07 Å². The van der Waals surface area contributed by atoms with E-state index in [1.807, 2.05) is 0 Å². The van der Waals surface area contributed by atoms with Crippen molar-refractivity contribution in [2.75, 3.05) is 0 Å². The zero-order valence-corrected chi connectivity index (χ0v) is 10.6. The van der Waals surface area contributed by atoms with Crippen molar-refractivity contribution < 1.29 is 4.79 Å². The number of hydrogen-bond acceptors (Lipinski definition) is 3. The molecule has 6 unspecified atom stereocenters.